The Morgan fingerprint density at radius 1 is 0.542 bits per heavy atom. The number of benzene rings is 2. The summed E-state index contributed by atoms with van der Waals surface area (Å²) < 4.78 is 0. The van der Waals surface area contributed by atoms with E-state index in [1.165, 1.54) is 22.6 Å². The SMILES string of the molecule is c1ccc(CCNCCSSCCNCCc2ccccc2)cc1. The highest BCUT2D eigenvalue weighted by Crippen LogP contribution is 2.19. The lowest BCUT2D eigenvalue weighted by molar-refractivity contribution is 0.721. The lowest BCUT2D eigenvalue weighted by atomic mass is 10.1. The highest BCUT2D eigenvalue weighted by molar-refractivity contribution is 8.76. The first kappa shape index (κ1) is 19.4. The molecule has 0 spiro atoms. The molecule has 24 heavy (non-hydrogen) atoms. The Balaban J connectivity index is 1.32. The third-order valence-corrected chi connectivity index (χ3v) is 6.08. The van der Waals surface area contributed by atoms with Crippen LogP contribution in [0.4, 0.5) is 0 Å². The van der Waals surface area contributed by atoms with Crippen LogP contribution in [0.3, 0.4) is 0 Å². The summed E-state index contributed by atoms with van der Waals surface area (Å²) in [4.78, 5) is 0. The van der Waals surface area contributed by atoms with Crippen molar-refractivity contribution in [2.24, 2.45) is 0 Å². The van der Waals surface area contributed by atoms with Gasteiger partial charge in [0.1, 0.15) is 0 Å². The van der Waals surface area contributed by atoms with Crippen LogP contribution in [-0.2, 0) is 12.8 Å². The number of hydrogen-bond donors (Lipinski definition) is 2. The molecule has 0 amide bonds. The number of hydrogen-bond acceptors (Lipinski definition) is 4. The predicted molar refractivity (Wildman–Crippen MR) is 111 cm³/mol. The van der Waals surface area contributed by atoms with Gasteiger partial charge in [-0.3, -0.25) is 0 Å². The van der Waals surface area contributed by atoms with E-state index in [1.54, 1.807) is 0 Å². The van der Waals surface area contributed by atoms with Crippen molar-refractivity contribution in [1.29, 1.82) is 0 Å². The Labute approximate surface area is 154 Å². The fourth-order valence-electron chi connectivity index (χ4n) is 2.35. The van der Waals surface area contributed by atoms with E-state index in [-0.39, 0.29) is 0 Å². The molecular weight excluding hydrogens is 332 g/mol. The van der Waals surface area contributed by atoms with E-state index < -0.39 is 0 Å². The van der Waals surface area contributed by atoms with Gasteiger partial charge in [0.15, 0.2) is 0 Å². The Bertz CT molecular complexity index is 470. The lowest BCUT2D eigenvalue weighted by Crippen LogP contribution is -2.20. The molecule has 0 atom stereocenters. The molecule has 0 fully saturated rings. The minimum atomic E-state index is 1.07. The maximum Gasteiger partial charge on any atom is 0.0162 e. The molecule has 0 bridgehead atoms. The first-order valence-corrected chi connectivity index (χ1v) is 11.2. The van der Waals surface area contributed by atoms with Crippen molar-refractivity contribution < 1.29 is 0 Å². The first-order chi connectivity index (χ1) is 11.9. The van der Waals surface area contributed by atoms with Crippen LogP contribution in [-0.4, -0.2) is 37.7 Å². The van der Waals surface area contributed by atoms with E-state index in [9.17, 15) is 0 Å². The van der Waals surface area contributed by atoms with E-state index in [0.29, 0.717) is 0 Å². The van der Waals surface area contributed by atoms with Gasteiger partial charge in [0.05, 0.1) is 0 Å². The summed E-state index contributed by atoms with van der Waals surface area (Å²) in [6.07, 6.45) is 2.23. The average Bonchev–Trinajstić information content (AvgIpc) is 2.64. The Morgan fingerprint density at radius 2 is 0.958 bits per heavy atom. The van der Waals surface area contributed by atoms with Crippen LogP contribution < -0.4 is 10.6 Å². The van der Waals surface area contributed by atoms with Gasteiger partial charge < -0.3 is 10.6 Å². The van der Waals surface area contributed by atoms with E-state index in [4.69, 9.17) is 0 Å². The molecule has 2 N–H and O–H groups in total. The zero-order valence-corrected chi connectivity index (χ0v) is 15.9. The van der Waals surface area contributed by atoms with Gasteiger partial charge in [-0.2, -0.15) is 0 Å². The lowest BCUT2D eigenvalue weighted by Gasteiger charge is -2.06. The quantitative estimate of drug-likeness (QED) is 0.416. The second-order valence-electron chi connectivity index (χ2n) is 5.62. The third kappa shape index (κ3) is 9.38. The smallest absolute Gasteiger partial charge is 0.0162 e. The molecule has 130 valence electrons. The number of nitrogens with one attached hydrogen (secondary N) is 2. The van der Waals surface area contributed by atoms with Crippen LogP contribution in [0.1, 0.15) is 11.1 Å². The molecule has 2 nitrogen and oxygen atoms in total. The van der Waals surface area contributed by atoms with Crippen LogP contribution >= 0.6 is 21.6 Å². The Kier molecular flexibility index (Phi) is 10.8. The van der Waals surface area contributed by atoms with E-state index >= 15 is 0 Å². The summed E-state index contributed by atoms with van der Waals surface area (Å²) in [6.45, 7) is 4.31. The molecule has 0 radical (unpaired) electrons. The molecule has 0 saturated carbocycles. The standard InChI is InChI=1S/C20H28N2S2/c1-3-7-19(8-4-1)11-13-21-15-17-23-24-18-16-22-14-12-20-9-5-2-6-10-20/h1-10,21-22H,11-18H2. The minimum Gasteiger partial charge on any atom is -0.316 e. The summed E-state index contributed by atoms with van der Waals surface area (Å²) in [6, 6.07) is 21.3. The van der Waals surface area contributed by atoms with Crippen molar-refractivity contribution in [3.63, 3.8) is 0 Å². The van der Waals surface area contributed by atoms with E-state index in [1.807, 2.05) is 21.6 Å². The summed E-state index contributed by atoms with van der Waals surface area (Å²) >= 11 is 0. The van der Waals surface area contributed by atoms with Crippen molar-refractivity contribution in [2.45, 2.75) is 12.8 Å². The van der Waals surface area contributed by atoms with Gasteiger partial charge >= 0.3 is 0 Å². The van der Waals surface area contributed by atoms with Crippen molar-refractivity contribution >= 4 is 21.6 Å². The molecule has 0 aliphatic carbocycles. The molecule has 2 aromatic carbocycles. The molecule has 0 saturated heterocycles. The maximum absolute atomic E-state index is 3.51. The van der Waals surface area contributed by atoms with Crippen LogP contribution in [0.5, 0.6) is 0 Å². The van der Waals surface area contributed by atoms with Gasteiger partial charge in [-0.05, 0) is 37.1 Å². The zero-order valence-electron chi connectivity index (χ0n) is 14.2. The second kappa shape index (κ2) is 13.4. The number of rotatable bonds is 13. The summed E-state index contributed by atoms with van der Waals surface area (Å²) in [5.74, 6) is 2.34. The molecule has 0 heterocycles. The van der Waals surface area contributed by atoms with Crippen LogP contribution in [0, 0.1) is 0 Å². The predicted octanol–water partition coefficient (Wildman–Crippen LogP) is 4.03. The first-order valence-electron chi connectivity index (χ1n) is 8.69. The van der Waals surface area contributed by atoms with Crippen molar-refractivity contribution in [2.75, 3.05) is 37.7 Å². The van der Waals surface area contributed by atoms with E-state index in [0.717, 1.165) is 39.0 Å². The molecular formula is C20H28N2S2. The Morgan fingerprint density at radius 3 is 1.38 bits per heavy atom. The van der Waals surface area contributed by atoms with Gasteiger partial charge in [0, 0.05) is 24.6 Å². The molecule has 0 aliphatic heterocycles. The summed E-state index contributed by atoms with van der Waals surface area (Å²) in [5, 5.41) is 7.03. The van der Waals surface area contributed by atoms with Crippen LogP contribution in [0.15, 0.2) is 60.7 Å². The Hall–Kier alpha value is -0.940. The summed E-state index contributed by atoms with van der Waals surface area (Å²) in [5.41, 5.74) is 2.82. The van der Waals surface area contributed by atoms with Gasteiger partial charge in [0.2, 0.25) is 0 Å². The highest BCUT2D eigenvalue weighted by Gasteiger charge is 1.94. The van der Waals surface area contributed by atoms with Gasteiger partial charge in [0.25, 0.3) is 0 Å². The topological polar surface area (TPSA) is 24.1 Å². The normalized spacial score (nSPS) is 10.8. The van der Waals surface area contributed by atoms with Crippen LogP contribution in [0.2, 0.25) is 0 Å². The molecule has 2 rings (SSSR count). The molecule has 0 aromatic heterocycles. The fourth-order valence-corrected chi connectivity index (χ4v) is 4.25. The largest absolute Gasteiger partial charge is 0.316 e. The third-order valence-electron chi connectivity index (χ3n) is 3.67. The average molecular weight is 361 g/mol. The van der Waals surface area contributed by atoms with E-state index in [2.05, 4.69) is 71.3 Å². The second-order valence-corrected chi connectivity index (χ2v) is 8.32. The van der Waals surface area contributed by atoms with Gasteiger partial charge in [-0.1, -0.05) is 82.3 Å². The van der Waals surface area contributed by atoms with Crippen molar-refractivity contribution in [1.82, 2.24) is 10.6 Å². The van der Waals surface area contributed by atoms with Gasteiger partial charge in [-0.25, -0.2) is 0 Å². The fraction of sp³-hybridized carbons (Fsp3) is 0.400. The molecule has 2 aromatic rings. The zero-order chi connectivity index (χ0) is 16.7. The monoisotopic (exact) mass is 360 g/mol. The summed E-state index contributed by atoms with van der Waals surface area (Å²) in [7, 11) is 3.94. The van der Waals surface area contributed by atoms with Gasteiger partial charge in [-0.15, -0.1) is 0 Å². The van der Waals surface area contributed by atoms with Crippen LogP contribution in [0.25, 0.3) is 0 Å². The highest BCUT2D eigenvalue weighted by atomic mass is 33.1. The molecule has 4 heteroatoms. The maximum atomic E-state index is 3.51. The molecule has 0 aliphatic rings. The van der Waals surface area contributed by atoms with Crippen molar-refractivity contribution in [3.8, 4) is 0 Å². The molecule has 0 unspecified atom stereocenters. The minimum absolute atomic E-state index is 1.07. The van der Waals surface area contributed by atoms with Crippen molar-refractivity contribution in [3.05, 3.63) is 71.8 Å².